The second-order valence-corrected chi connectivity index (χ2v) is 13.1. The van der Waals surface area contributed by atoms with Gasteiger partial charge in [-0.25, -0.2) is 9.18 Å². The van der Waals surface area contributed by atoms with E-state index in [1.165, 1.54) is 24.2 Å². The Bertz CT molecular complexity index is 1210. The topological polar surface area (TPSA) is 112 Å². The summed E-state index contributed by atoms with van der Waals surface area (Å²) in [5.41, 5.74) is -1.07. The molecule has 3 saturated carbocycles. The summed E-state index contributed by atoms with van der Waals surface area (Å²) in [6.45, 7) is 11.9. The number of hydrogen-bond donors (Lipinski definition) is 3. The fourth-order valence-corrected chi connectivity index (χ4v) is 8.60. The van der Waals surface area contributed by atoms with Crippen molar-refractivity contribution in [1.29, 1.82) is 0 Å². The van der Waals surface area contributed by atoms with E-state index in [9.17, 15) is 20.0 Å². The van der Waals surface area contributed by atoms with Gasteiger partial charge in [0.2, 0.25) is 0 Å². The lowest BCUT2D eigenvalue weighted by molar-refractivity contribution is -0.219. The third-order valence-electron chi connectivity index (χ3n) is 11.3. The number of aliphatic hydroxyl groups is 2. The maximum absolute atomic E-state index is 15.3. The van der Waals surface area contributed by atoms with Gasteiger partial charge in [0, 0.05) is 23.3 Å². The largest absolute Gasteiger partial charge is 0.479 e. The van der Waals surface area contributed by atoms with E-state index in [-0.39, 0.29) is 34.4 Å². The average Bonchev–Trinajstić information content (AvgIpc) is 3.28. The quantitative estimate of drug-likeness (QED) is 0.291. The lowest BCUT2D eigenvalue weighted by Crippen LogP contribution is -2.63. The molecule has 1 heterocycles. The van der Waals surface area contributed by atoms with E-state index in [2.05, 4.69) is 32.5 Å². The Labute approximate surface area is 236 Å². The predicted molar refractivity (Wildman–Crippen MR) is 150 cm³/mol. The van der Waals surface area contributed by atoms with Gasteiger partial charge in [-0.3, -0.25) is 0 Å². The molecule has 9 atom stereocenters. The number of rotatable bonds is 5. The minimum absolute atomic E-state index is 0.0309. The van der Waals surface area contributed by atoms with Crippen LogP contribution in [0.15, 0.2) is 29.9 Å². The van der Waals surface area contributed by atoms with E-state index in [0.29, 0.717) is 18.4 Å². The number of nitrogens with zero attached hydrogens (tertiary/aromatic N) is 2. The van der Waals surface area contributed by atoms with Crippen molar-refractivity contribution >= 4 is 24.7 Å². The molecule has 0 spiro atoms. The lowest BCUT2D eigenvalue weighted by Gasteiger charge is -2.63. The second-order valence-electron chi connectivity index (χ2n) is 13.1. The first kappa shape index (κ1) is 29.1. The van der Waals surface area contributed by atoms with Crippen molar-refractivity contribution in [2.45, 2.75) is 78.1 Å². The molecule has 1 unspecified atom stereocenters. The summed E-state index contributed by atoms with van der Waals surface area (Å²) >= 11 is 0. The van der Waals surface area contributed by atoms with Crippen molar-refractivity contribution < 1.29 is 33.9 Å². The van der Waals surface area contributed by atoms with Crippen LogP contribution in [0.2, 0.25) is 0 Å². The zero-order valence-electron chi connectivity index (χ0n) is 24.1. The zero-order valence-corrected chi connectivity index (χ0v) is 24.1. The van der Waals surface area contributed by atoms with Gasteiger partial charge in [0.1, 0.15) is 6.10 Å². The smallest absolute Gasteiger partial charge is 0.469 e. The molecule has 5 rings (SSSR count). The van der Waals surface area contributed by atoms with Crippen molar-refractivity contribution in [2.75, 3.05) is 13.7 Å². The standard InChI is InChI=1S/C30H42BFN2O6/c1-7-28(4)14-22(29(5)17(2)10-12-30(18(3)27(28)37)13-11-20(35)26(29)30)40-23(36)16-39-21-9-8-19-15-33-34(6)31(38)24(19)25(21)32/h7-9,15,17-18,20,22,26-27,35,37-38H,1,10-14,16H2,2-6H3/t17-,18+,20?,22-,26+,27+,28-,29+,30+/m1/s1. The average molecular weight is 556 g/mol. The highest BCUT2D eigenvalue weighted by Crippen LogP contribution is 2.69. The van der Waals surface area contributed by atoms with E-state index in [4.69, 9.17) is 9.47 Å². The Hall–Kier alpha value is -2.43. The fraction of sp³-hybridized carbons (Fsp3) is 0.667. The van der Waals surface area contributed by atoms with Gasteiger partial charge in [-0.1, -0.05) is 33.8 Å². The molecule has 0 saturated heterocycles. The van der Waals surface area contributed by atoms with Gasteiger partial charge in [0.05, 0.1) is 18.4 Å². The Morgan fingerprint density at radius 3 is 2.67 bits per heavy atom. The van der Waals surface area contributed by atoms with Crippen LogP contribution in [0.25, 0.3) is 0 Å². The molecule has 0 radical (unpaired) electrons. The van der Waals surface area contributed by atoms with Crippen molar-refractivity contribution in [1.82, 2.24) is 4.92 Å². The zero-order chi connectivity index (χ0) is 29.2. The molecule has 4 aliphatic rings. The number of hydrazone groups is 1. The highest BCUT2D eigenvalue weighted by molar-refractivity contribution is 6.65. The van der Waals surface area contributed by atoms with E-state index in [1.807, 2.05) is 6.92 Å². The van der Waals surface area contributed by atoms with E-state index in [1.54, 1.807) is 12.1 Å². The number of benzene rings is 1. The van der Waals surface area contributed by atoms with Crippen LogP contribution in [-0.2, 0) is 9.53 Å². The van der Waals surface area contributed by atoms with Gasteiger partial charge in [-0.05, 0) is 73.0 Å². The summed E-state index contributed by atoms with van der Waals surface area (Å²) in [7, 11) is 0.252. The molecule has 0 amide bonds. The molecule has 0 aromatic heterocycles. The molecule has 40 heavy (non-hydrogen) atoms. The number of ether oxygens (including phenoxy) is 2. The van der Waals surface area contributed by atoms with Crippen molar-refractivity contribution in [3.63, 3.8) is 0 Å². The fourth-order valence-electron chi connectivity index (χ4n) is 8.60. The summed E-state index contributed by atoms with van der Waals surface area (Å²) < 4.78 is 27.1. The van der Waals surface area contributed by atoms with Crippen LogP contribution < -0.4 is 10.2 Å². The molecule has 3 aliphatic carbocycles. The first-order valence-electron chi connectivity index (χ1n) is 14.4. The number of esters is 1. The summed E-state index contributed by atoms with van der Waals surface area (Å²) in [6, 6.07) is 2.99. The normalized spacial score (nSPS) is 40.5. The minimum Gasteiger partial charge on any atom is -0.479 e. The van der Waals surface area contributed by atoms with Crippen molar-refractivity contribution in [3.8, 4) is 5.75 Å². The lowest BCUT2D eigenvalue weighted by atomic mass is 9.43. The van der Waals surface area contributed by atoms with Gasteiger partial charge >= 0.3 is 13.0 Å². The molecule has 3 N–H and O–H groups in total. The van der Waals surface area contributed by atoms with Gasteiger partial charge in [-0.15, -0.1) is 6.58 Å². The SMILES string of the molecule is C=C[C@]1(C)C[C@@H](OC(=O)COc2ccc3c(c2F)B(O)N(C)N=C3)[C@]2(C)[C@H](C)CC[C@]3(CCC(O)[C@H]32)[C@@H](C)[C@@H]1O. The molecule has 8 nitrogen and oxygen atoms in total. The molecule has 1 aromatic carbocycles. The maximum atomic E-state index is 15.3. The Kier molecular flexibility index (Phi) is 7.37. The monoisotopic (exact) mass is 556 g/mol. The first-order valence-corrected chi connectivity index (χ1v) is 14.4. The van der Waals surface area contributed by atoms with E-state index < -0.39 is 54.6 Å². The summed E-state index contributed by atoms with van der Waals surface area (Å²) in [5.74, 6) is -1.63. The number of fused-ring (bicyclic) bond motifs is 1. The second kappa shape index (κ2) is 10.1. The van der Waals surface area contributed by atoms with Crippen LogP contribution in [0.5, 0.6) is 5.75 Å². The van der Waals surface area contributed by atoms with Crippen molar-refractivity contribution in [3.05, 3.63) is 36.2 Å². The number of carbonyl (C=O) groups excluding carboxylic acids is 1. The third kappa shape index (κ3) is 4.20. The van der Waals surface area contributed by atoms with Crippen LogP contribution >= 0.6 is 0 Å². The van der Waals surface area contributed by atoms with Crippen molar-refractivity contribution in [2.24, 2.45) is 39.1 Å². The van der Waals surface area contributed by atoms with E-state index in [0.717, 1.165) is 19.3 Å². The maximum Gasteiger partial charge on any atom is 0.469 e. The summed E-state index contributed by atoms with van der Waals surface area (Å²) in [4.78, 5) is 14.6. The predicted octanol–water partition coefficient (Wildman–Crippen LogP) is 2.87. The van der Waals surface area contributed by atoms with Gasteiger partial charge in [0.25, 0.3) is 0 Å². The third-order valence-corrected chi connectivity index (χ3v) is 11.3. The molecular weight excluding hydrogens is 514 g/mol. The number of halogens is 1. The van der Waals surface area contributed by atoms with E-state index >= 15 is 4.39 Å². The van der Waals surface area contributed by atoms with Gasteiger partial charge in [0.15, 0.2) is 18.2 Å². The van der Waals surface area contributed by atoms with Crippen LogP contribution in [0.1, 0.15) is 65.4 Å². The Balaban J connectivity index is 1.43. The molecule has 2 bridgehead atoms. The van der Waals surface area contributed by atoms with Crippen LogP contribution in [0, 0.1) is 39.8 Å². The van der Waals surface area contributed by atoms with Gasteiger partial charge in [-0.2, -0.15) is 5.10 Å². The van der Waals surface area contributed by atoms with Crippen LogP contribution in [0.3, 0.4) is 0 Å². The minimum atomic E-state index is -1.28. The first-order chi connectivity index (χ1) is 18.8. The summed E-state index contributed by atoms with van der Waals surface area (Å²) in [5, 5.41) is 37.4. The molecule has 1 aliphatic heterocycles. The number of hydrogen-bond acceptors (Lipinski definition) is 8. The number of aliphatic hydroxyl groups excluding tert-OH is 2. The van der Waals surface area contributed by atoms with Gasteiger partial charge < -0.3 is 29.6 Å². The molecule has 218 valence electrons. The molecule has 1 aromatic rings. The van der Waals surface area contributed by atoms with Crippen LogP contribution in [0.4, 0.5) is 4.39 Å². The van der Waals surface area contributed by atoms with Crippen LogP contribution in [-0.4, -0.2) is 71.4 Å². The molecule has 10 heteroatoms. The summed E-state index contributed by atoms with van der Waals surface area (Å²) in [6.07, 6.45) is 4.97. The highest BCUT2D eigenvalue weighted by Gasteiger charge is 2.68. The Morgan fingerprint density at radius 1 is 1.27 bits per heavy atom. The number of carbonyl (C=O) groups is 1. The Morgan fingerprint density at radius 2 is 1.98 bits per heavy atom. The molecular formula is C30H42BFN2O6. The highest BCUT2D eigenvalue weighted by atomic mass is 19.1. The molecule has 3 fully saturated rings.